The Morgan fingerprint density at radius 1 is 1.05 bits per heavy atom. The molecule has 2 aromatic carbocycles. The maximum absolute atomic E-state index is 13.4. The number of nitrogens with one attached hydrogen (secondary N) is 1. The van der Waals surface area contributed by atoms with Crippen LogP contribution < -0.4 is 19.7 Å². The molecule has 5 rings (SSSR count). The summed E-state index contributed by atoms with van der Waals surface area (Å²) in [5.41, 5.74) is 3.03. The summed E-state index contributed by atoms with van der Waals surface area (Å²) in [6, 6.07) is 14.9. The Kier molecular flexibility index (Phi) is 10.8. The number of hydrogen-bond acceptors (Lipinski definition) is 8. The van der Waals surface area contributed by atoms with E-state index in [4.69, 9.17) is 23.7 Å². The van der Waals surface area contributed by atoms with Gasteiger partial charge in [-0.1, -0.05) is 32.0 Å². The van der Waals surface area contributed by atoms with Crippen molar-refractivity contribution < 1.29 is 28.5 Å². The number of piperidine rings is 1. The Balaban J connectivity index is 1.27. The van der Waals surface area contributed by atoms with Crippen molar-refractivity contribution in [3.8, 4) is 11.5 Å². The van der Waals surface area contributed by atoms with Crippen molar-refractivity contribution >= 4 is 11.6 Å². The molecule has 2 saturated heterocycles. The van der Waals surface area contributed by atoms with Crippen molar-refractivity contribution in [3.63, 3.8) is 0 Å². The summed E-state index contributed by atoms with van der Waals surface area (Å²) in [4.78, 5) is 17.8. The summed E-state index contributed by atoms with van der Waals surface area (Å²) in [5.74, 6) is 2.18. The first-order valence-electron chi connectivity index (χ1n) is 15.7. The highest BCUT2D eigenvalue weighted by molar-refractivity contribution is 5.82. The van der Waals surface area contributed by atoms with Gasteiger partial charge in [0.1, 0.15) is 18.1 Å². The van der Waals surface area contributed by atoms with Gasteiger partial charge in [0, 0.05) is 57.3 Å². The summed E-state index contributed by atoms with van der Waals surface area (Å²) < 4.78 is 28.8. The minimum atomic E-state index is -0.465. The lowest BCUT2D eigenvalue weighted by atomic mass is 9.77. The van der Waals surface area contributed by atoms with E-state index >= 15 is 0 Å². The fourth-order valence-corrected chi connectivity index (χ4v) is 6.64. The minimum absolute atomic E-state index is 0.00668. The molecule has 0 aromatic heterocycles. The van der Waals surface area contributed by atoms with Gasteiger partial charge in [0.15, 0.2) is 0 Å². The van der Waals surface area contributed by atoms with Crippen LogP contribution in [0.4, 0.5) is 5.69 Å². The third-order valence-corrected chi connectivity index (χ3v) is 9.00. The molecule has 1 N–H and O–H groups in total. The van der Waals surface area contributed by atoms with Gasteiger partial charge in [-0.15, -0.1) is 0 Å². The standard InChI is InChI=1S/C34H49N3O6/c1-34(2,33(38)37-13-17-41-18-14-37)22-27-21-29(26-7-9-28(40-4)10-8-26)32(23-35-27)43-24-25-6-11-31-30(20-25)36(15-19-42-31)12-5-16-39-3/h6-11,20,27,29,32,35H,5,12-19,21-24H2,1-4H3/t27?,29?,32-/m0/s1. The van der Waals surface area contributed by atoms with Crippen molar-refractivity contribution in [3.05, 3.63) is 53.6 Å². The molecular formula is C34H49N3O6. The summed E-state index contributed by atoms with van der Waals surface area (Å²) in [6.45, 7) is 11.2. The molecule has 0 bridgehead atoms. The first kappa shape index (κ1) is 31.6. The Labute approximate surface area is 256 Å². The van der Waals surface area contributed by atoms with Gasteiger partial charge < -0.3 is 38.8 Å². The number of fused-ring (bicyclic) bond motifs is 1. The van der Waals surface area contributed by atoms with Crippen LogP contribution in [0.25, 0.3) is 0 Å². The van der Waals surface area contributed by atoms with E-state index in [9.17, 15) is 4.79 Å². The summed E-state index contributed by atoms with van der Waals surface area (Å²) in [6.07, 6.45) is 2.63. The maximum Gasteiger partial charge on any atom is 0.228 e. The molecule has 9 heteroatoms. The molecule has 2 fully saturated rings. The van der Waals surface area contributed by atoms with E-state index in [1.807, 2.05) is 17.0 Å². The third kappa shape index (κ3) is 8.01. The first-order chi connectivity index (χ1) is 20.9. The zero-order valence-electron chi connectivity index (χ0n) is 26.3. The van der Waals surface area contributed by atoms with Crippen LogP contribution >= 0.6 is 0 Å². The van der Waals surface area contributed by atoms with Crippen LogP contribution in [0.1, 0.15) is 50.2 Å². The predicted molar refractivity (Wildman–Crippen MR) is 167 cm³/mol. The van der Waals surface area contributed by atoms with E-state index in [1.165, 1.54) is 5.56 Å². The number of methoxy groups -OCH3 is 2. The van der Waals surface area contributed by atoms with Gasteiger partial charge in [-0.3, -0.25) is 4.79 Å². The van der Waals surface area contributed by atoms with Gasteiger partial charge in [-0.05, 0) is 54.7 Å². The first-order valence-corrected chi connectivity index (χ1v) is 15.7. The Hall–Kier alpha value is -2.85. The zero-order chi connectivity index (χ0) is 30.2. The molecule has 3 aliphatic rings. The fraction of sp³-hybridized carbons (Fsp3) is 0.618. The normalized spacial score (nSPS) is 22.6. The molecule has 3 aliphatic heterocycles. The van der Waals surface area contributed by atoms with Gasteiger partial charge >= 0.3 is 0 Å². The number of morpholine rings is 1. The van der Waals surface area contributed by atoms with Crippen molar-refractivity contribution in [2.45, 2.75) is 57.8 Å². The highest BCUT2D eigenvalue weighted by Gasteiger charge is 2.39. The molecule has 9 nitrogen and oxygen atoms in total. The third-order valence-electron chi connectivity index (χ3n) is 9.00. The number of amides is 1. The Morgan fingerprint density at radius 3 is 2.58 bits per heavy atom. The quantitative estimate of drug-likeness (QED) is 0.365. The topological polar surface area (TPSA) is 81.7 Å². The second kappa shape index (κ2) is 14.8. The van der Waals surface area contributed by atoms with Crippen LogP contribution in [0.2, 0.25) is 0 Å². The molecule has 3 heterocycles. The molecule has 2 aromatic rings. The maximum atomic E-state index is 13.4. The summed E-state index contributed by atoms with van der Waals surface area (Å²) in [5, 5.41) is 3.74. The van der Waals surface area contributed by atoms with Crippen LogP contribution in [0.3, 0.4) is 0 Å². The van der Waals surface area contributed by atoms with Gasteiger partial charge in [0.25, 0.3) is 0 Å². The molecular weight excluding hydrogens is 546 g/mol. The minimum Gasteiger partial charge on any atom is -0.497 e. The highest BCUT2D eigenvalue weighted by Crippen LogP contribution is 2.37. The molecule has 43 heavy (non-hydrogen) atoms. The van der Waals surface area contributed by atoms with E-state index in [1.54, 1.807) is 14.2 Å². The average Bonchev–Trinajstić information content (AvgIpc) is 3.04. The van der Waals surface area contributed by atoms with Crippen LogP contribution in [-0.2, 0) is 25.6 Å². The van der Waals surface area contributed by atoms with E-state index in [-0.39, 0.29) is 24.0 Å². The SMILES string of the molecule is COCCCN1CCOc2ccc(CO[C@H]3CNC(CC(C)(C)C(=O)N4CCOCC4)CC3c3ccc(OC)cc3)cc21. The zero-order valence-corrected chi connectivity index (χ0v) is 26.3. The molecule has 2 unspecified atom stereocenters. The molecule has 0 saturated carbocycles. The van der Waals surface area contributed by atoms with Gasteiger partial charge in [-0.25, -0.2) is 0 Å². The molecule has 1 amide bonds. The van der Waals surface area contributed by atoms with Gasteiger partial charge in [-0.2, -0.15) is 0 Å². The van der Waals surface area contributed by atoms with Crippen molar-refractivity contribution in [2.75, 3.05) is 78.3 Å². The fourth-order valence-electron chi connectivity index (χ4n) is 6.64. The van der Waals surface area contributed by atoms with E-state index < -0.39 is 5.41 Å². The Morgan fingerprint density at radius 2 is 1.84 bits per heavy atom. The molecule has 0 aliphatic carbocycles. The van der Waals surface area contributed by atoms with Crippen molar-refractivity contribution in [1.29, 1.82) is 0 Å². The van der Waals surface area contributed by atoms with E-state index in [0.29, 0.717) is 39.5 Å². The lowest BCUT2D eigenvalue weighted by molar-refractivity contribution is -0.145. The number of rotatable bonds is 12. The average molecular weight is 596 g/mol. The van der Waals surface area contributed by atoms with Crippen LogP contribution in [0, 0.1) is 5.41 Å². The summed E-state index contributed by atoms with van der Waals surface area (Å²) >= 11 is 0. The van der Waals surface area contributed by atoms with E-state index in [2.05, 4.69) is 54.4 Å². The number of ether oxygens (including phenoxy) is 5. The highest BCUT2D eigenvalue weighted by atomic mass is 16.5. The number of anilines is 1. The van der Waals surface area contributed by atoms with Crippen molar-refractivity contribution in [2.24, 2.45) is 5.41 Å². The molecule has 0 radical (unpaired) electrons. The predicted octanol–water partition coefficient (Wildman–Crippen LogP) is 4.24. The van der Waals surface area contributed by atoms with E-state index in [0.717, 1.165) is 68.3 Å². The molecule has 236 valence electrons. The monoisotopic (exact) mass is 595 g/mol. The number of benzene rings is 2. The van der Waals surface area contributed by atoms with Crippen molar-refractivity contribution in [1.82, 2.24) is 10.2 Å². The number of carbonyl (C=O) groups is 1. The summed E-state index contributed by atoms with van der Waals surface area (Å²) in [7, 11) is 3.44. The van der Waals surface area contributed by atoms with Crippen LogP contribution in [0.15, 0.2) is 42.5 Å². The van der Waals surface area contributed by atoms with Gasteiger partial charge in [0.2, 0.25) is 5.91 Å². The Bertz CT molecular complexity index is 1180. The number of nitrogens with zero attached hydrogens (tertiary/aromatic N) is 2. The lowest BCUT2D eigenvalue weighted by Crippen LogP contribution is -2.52. The largest absolute Gasteiger partial charge is 0.497 e. The number of hydrogen-bond donors (Lipinski definition) is 1. The second-order valence-electron chi connectivity index (χ2n) is 12.5. The van der Waals surface area contributed by atoms with Crippen LogP contribution in [-0.4, -0.2) is 96.3 Å². The molecule has 0 spiro atoms. The van der Waals surface area contributed by atoms with Gasteiger partial charge in [0.05, 0.1) is 45.3 Å². The lowest BCUT2D eigenvalue weighted by Gasteiger charge is -2.41. The molecule has 3 atom stereocenters. The second-order valence-corrected chi connectivity index (χ2v) is 12.5. The smallest absolute Gasteiger partial charge is 0.228 e. The van der Waals surface area contributed by atoms with Crippen LogP contribution in [0.5, 0.6) is 11.5 Å². The number of carbonyl (C=O) groups excluding carboxylic acids is 1.